The van der Waals surface area contributed by atoms with E-state index in [-0.39, 0.29) is 5.78 Å². The quantitative estimate of drug-likeness (QED) is 0.463. The fourth-order valence-corrected chi connectivity index (χ4v) is 6.21. The summed E-state index contributed by atoms with van der Waals surface area (Å²) in [6, 6.07) is 3.84. The molecular weight excluding hydrogens is 410 g/mol. The number of carbonyl (C=O) groups is 1. The molecule has 0 unspecified atom stereocenters. The Labute approximate surface area is 200 Å². The second-order valence-electron chi connectivity index (χ2n) is 10.7. The molecule has 0 spiro atoms. The molecule has 1 saturated heterocycles. The zero-order valence-electron chi connectivity index (χ0n) is 21.0. The molecule has 0 bridgehead atoms. The molecule has 0 aromatic heterocycles. The van der Waals surface area contributed by atoms with Crippen LogP contribution in [0.3, 0.4) is 0 Å². The van der Waals surface area contributed by atoms with Gasteiger partial charge in [-0.1, -0.05) is 32.3 Å². The fourth-order valence-electron chi connectivity index (χ4n) is 6.21. The lowest BCUT2D eigenvalue weighted by atomic mass is 9.83. The van der Waals surface area contributed by atoms with E-state index in [2.05, 4.69) is 17.9 Å². The van der Waals surface area contributed by atoms with Gasteiger partial charge in [0.2, 0.25) is 0 Å². The maximum Gasteiger partial charge on any atom is 0.189 e. The molecule has 2 fully saturated rings. The van der Waals surface area contributed by atoms with Gasteiger partial charge in [0, 0.05) is 12.1 Å². The molecule has 0 N–H and O–H groups in total. The van der Waals surface area contributed by atoms with Gasteiger partial charge in [0.15, 0.2) is 17.3 Å². The number of methoxy groups -OCH3 is 2. The van der Waals surface area contributed by atoms with Crippen molar-refractivity contribution in [2.75, 3.05) is 33.9 Å². The zero-order valence-corrected chi connectivity index (χ0v) is 21.0. The molecule has 0 radical (unpaired) electrons. The summed E-state index contributed by atoms with van der Waals surface area (Å²) in [5, 5.41) is 0. The molecule has 1 aromatic carbocycles. The summed E-state index contributed by atoms with van der Waals surface area (Å²) < 4.78 is 10.9. The highest BCUT2D eigenvalue weighted by Gasteiger charge is 2.26. The van der Waals surface area contributed by atoms with E-state index in [9.17, 15) is 4.79 Å². The number of hydrogen-bond acceptors (Lipinski definition) is 4. The van der Waals surface area contributed by atoms with Crippen molar-refractivity contribution >= 4 is 5.78 Å². The lowest BCUT2D eigenvalue weighted by Crippen LogP contribution is -2.35. The second-order valence-corrected chi connectivity index (χ2v) is 10.7. The van der Waals surface area contributed by atoms with Gasteiger partial charge in [-0.3, -0.25) is 4.79 Å². The van der Waals surface area contributed by atoms with Crippen LogP contribution < -0.4 is 9.47 Å². The van der Waals surface area contributed by atoms with Crippen molar-refractivity contribution in [1.82, 2.24) is 4.90 Å². The summed E-state index contributed by atoms with van der Waals surface area (Å²) in [6.07, 6.45) is 16.1. The number of hydrogen-bond donors (Lipinski definition) is 0. The van der Waals surface area contributed by atoms with Crippen molar-refractivity contribution in [3.8, 4) is 11.5 Å². The Balaban J connectivity index is 1.38. The Hall–Kier alpha value is -1.81. The minimum atomic E-state index is 0.176. The maximum absolute atomic E-state index is 13.2. The van der Waals surface area contributed by atoms with E-state index < -0.39 is 0 Å². The monoisotopic (exact) mass is 453 g/mol. The van der Waals surface area contributed by atoms with Crippen LogP contribution >= 0.6 is 0 Å². The van der Waals surface area contributed by atoms with Crippen LogP contribution in [0.2, 0.25) is 0 Å². The summed E-state index contributed by atoms with van der Waals surface area (Å²) >= 11 is 0. The van der Waals surface area contributed by atoms with E-state index in [1.54, 1.807) is 14.2 Å². The number of ketones is 1. The van der Waals surface area contributed by atoms with Gasteiger partial charge in [0.05, 0.1) is 14.2 Å². The maximum atomic E-state index is 13.2. The predicted molar refractivity (Wildman–Crippen MR) is 134 cm³/mol. The van der Waals surface area contributed by atoms with Gasteiger partial charge in [-0.25, -0.2) is 0 Å². The first-order valence-electron chi connectivity index (χ1n) is 13.3. The summed E-state index contributed by atoms with van der Waals surface area (Å²) in [7, 11) is 3.27. The number of aryl methyl sites for hydroxylation is 1. The standard InChI is InChI=1S/C29H43NO3/c1-21-13-15-30(20-23-7-5-4-6-8-23)16-14-22(17-21)9-10-24-11-12-25-18-27(32-2)28(33-3)19-26(25)29(24)31/h10,18-19,21-23H,4-9,11-17,20H2,1-3H3/b24-10-/t21-,22-/m0/s1. The zero-order chi connectivity index (χ0) is 23.2. The van der Waals surface area contributed by atoms with Crippen molar-refractivity contribution in [1.29, 1.82) is 0 Å². The normalized spacial score (nSPS) is 26.5. The van der Waals surface area contributed by atoms with E-state index in [0.29, 0.717) is 17.4 Å². The van der Waals surface area contributed by atoms with E-state index in [0.717, 1.165) is 47.8 Å². The Bertz CT molecular complexity index is 840. The molecule has 4 heteroatoms. The highest BCUT2D eigenvalue weighted by molar-refractivity contribution is 6.11. The number of Topliss-reactive ketones (excluding diaryl/α,β-unsaturated/α-hetero) is 1. The first-order valence-corrected chi connectivity index (χ1v) is 13.3. The minimum absolute atomic E-state index is 0.176. The molecule has 182 valence electrons. The summed E-state index contributed by atoms with van der Waals surface area (Å²) in [4.78, 5) is 16.0. The van der Waals surface area contributed by atoms with Crippen LogP contribution in [0.25, 0.3) is 0 Å². The highest BCUT2D eigenvalue weighted by atomic mass is 16.5. The number of benzene rings is 1. The van der Waals surface area contributed by atoms with Gasteiger partial charge in [0.25, 0.3) is 0 Å². The van der Waals surface area contributed by atoms with Gasteiger partial charge in [-0.2, -0.15) is 0 Å². The fraction of sp³-hybridized carbons (Fsp3) is 0.690. The molecule has 4 nitrogen and oxygen atoms in total. The van der Waals surface area contributed by atoms with Crippen LogP contribution in [-0.2, 0) is 6.42 Å². The van der Waals surface area contributed by atoms with Crippen molar-refractivity contribution in [3.63, 3.8) is 0 Å². The summed E-state index contributed by atoms with van der Waals surface area (Å²) in [5.41, 5.74) is 2.85. The molecule has 2 aliphatic carbocycles. The van der Waals surface area contributed by atoms with Crippen LogP contribution in [0.5, 0.6) is 11.5 Å². The first kappa shape index (κ1) is 24.3. The summed E-state index contributed by atoms with van der Waals surface area (Å²) in [6.45, 7) is 6.23. The molecular formula is C29H43NO3. The Morgan fingerprint density at radius 2 is 1.67 bits per heavy atom. The smallest absolute Gasteiger partial charge is 0.189 e. The van der Waals surface area contributed by atoms with Gasteiger partial charge < -0.3 is 14.4 Å². The molecule has 1 saturated carbocycles. The van der Waals surface area contributed by atoms with Gasteiger partial charge >= 0.3 is 0 Å². The molecule has 33 heavy (non-hydrogen) atoms. The number of likely N-dealkylation sites (tertiary alicyclic amines) is 1. The van der Waals surface area contributed by atoms with Crippen LogP contribution in [0.4, 0.5) is 0 Å². The molecule has 4 rings (SSSR count). The van der Waals surface area contributed by atoms with Crippen molar-refractivity contribution in [2.24, 2.45) is 17.8 Å². The van der Waals surface area contributed by atoms with Crippen LogP contribution in [0.15, 0.2) is 23.8 Å². The largest absolute Gasteiger partial charge is 0.493 e. The highest BCUT2D eigenvalue weighted by Crippen LogP contribution is 2.36. The molecule has 1 heterocycles. The van der Waals surface area contributed by atoms with Gasteiger partial charge in [-0.15, -0.1) is 0 Å². The molecule has 3 aliphatic rings. The summed E-state index contributed by atoms with van der Waals surface area (Å²) in [5.74, 6) is 3.89. The number of ether oxygens (including phenoxy) is 2. The van der Waals surface area contributed by atoms with Gasteiger partial charge in [0.1, 0.15) is 0 Å². The van der Waals surface area contributed by atoms with Crippen molar-refractivity contribution in [2.45, 2.75) is 77.6 Å². The molecule has 0 amide bonds. The van der Waals surface area contributed by atoms with E-state index in [1.165, 1.54) is 71.0 Å². The Morgan fingerprint density at radius 1 is 0.939 bits per heavy atom. The molecule has 2 atom stereocenters. The number of rotatable bonds is 6. The van der Waals surface area contributed by atoms with Crippen LogP contribution in [0, 0.1) is 17.8 Å². The van der Waals surface area contributed by atoms with Crippen molar-refractivity contribution in [3.05, 3.63) is 34.9 Å². The Morgan fingerprint density at radius 3 is 2.42 bits per heavy atom. The SMILES string of the molecule is COc1cc2c(cc1OC)C(=O)/C(=C\C[C@H]1CCN(CC3CCCCC3)CC[C@H](C)C1)CC2. The first-order chi connectivity index (χ1) is 16.1. The molecule has 1 aliphatic heterocycles. The third-order valence-corrected chi connectivity index (χ3v) is 8.28. The number of fused-ring (bicyclic) bond motifs is 1. The van der Waals surface area contributed by atoms with E-state index in [1.807, 2.05) is 12.1 Å². The van der Waals surface area contributed by atoms with Crippen LogP contribution in [-0.4, -0.2) is 44.5 Å². The number of carbonyl (C=O) groups excluding carboxylic acids is 1. The van der Waals surface area contributed by atoms with E-state index in [4.69, 9.17) is 9.47 Å². The lowest BCUT2D eigenvalue weighted by molar-refractivity contribution is 0.102. The minimum Gasteiger partial charge on any atom is -0.493 e. The average molecular weight is 454 g/mol. The van der Waals surface area contributed by atoms with E-state index >= 15 is 0 Å². The topological polar surface area (TPSA) is 38.8 Å². The van der Waals surface area contributed by atoms with Crippen molar-refractivity contribution < 1.29 is 14.3 Å². The second kappa shape index (κ2) is 11.6. The molecule has 1 aromatic rings. The third-order valence-electron chi connectivity index (χ3n) is 8.28. The van der Waals surface area contributed by atoms with Gasteiger partial charge in [-0.05, 0) is 105 Å². The lowest BCUT2D eigenvalue weighted by Gasteiger charge is -2.34. The predicted octanol–water partition coefficient (Wildman–Crippen LogP) is 6.47. The number of nitrogens with zero attached hydrogens (tertiary/aromatic N) is 1. The Kier molecular flexibility index (Phi) is 8.51. The average Bonchev–Trinajstić information content (AvgIpc) is 2.83. The van der Waals surface area contributed by atoms with Crippen LogP contribution in [0.1, 0.15) is 87.1 Å². The number of allylic oxidation sites excluding steroid dienone is 2. The third kappa shape index (κ3) is 6.20.